The Labute approximate surface area is 157 Å². The average molecular weight is 372 g/mol. The fourth-order valence-electron chi connectivity index (χ4n) is 3.88. The summed E-state index contributed by atoms with van der Waals surface area (Å²) in [4.78, 5) is 25.1. The lowest BCUT2D eigenvalue weighted by atomic mass is 9.87. The third kappa shape index (κ3) is 3.23. The summed E-state index contributed by atoms with van der Waals surface area (Å²) in [6.45, 7) is 4.34. The molecular weight excluding hydrogens is 348 g/mol. The van der Waals surface area contributed by atoms with Gasteiger partial charge in [-0.3, -0.25) is 4.68 Å². The van der Waals surface area contributed by atoms with Crippen molar-refractivity contribution in [2.45, 2.75) is 37.8 Å². The van der Waals surface area contributed by atoms with Crippen molar-refractivity contribution in [1.29, 1.82) is 0 Å². The molecule has 0 bridgehead atoms. The molecule has 9 nitrogen and oxygen atoms in total. The molecule has 0 spiro atoms. The van der Waals surface area contributed by atoms with Gasteiger partial charge in [0.25, 0.3) is 0 Å². The molecule has 0 saturated carbocycles. The second-order valence-electron chi connectivity index (χ2n) is 7.39. The van der Waals surface area contributed by atoms with Crippen molar-refractivity contribution in [3.05, 3.63) is 30.2 Å². The summed E-state index contributed by atoms with van der Waals surface area (Å²) in [5, 5.41) is 23.9. The van der Waals surface area contributed by atoms with Gasteiger partial charge < -0.3 is 20.0 Å². The average Bonchev–Trinajstić information content (AvgIpc) is 3.30. The number of hydrogen-bond acceptors (Lipinski definition) is 7. The maximum atomic E-state index is 12.0. The fourth-order valence-corrected chi connectivity index (χ4v) is 3.88. The molecule has 2 saturated heterocycles. The van der Waals surface area contributed by atoms with Crippen LogP contribution in [0.3, 0.4) is 0 Å². The molecule has 1 atom stereocenters. The number of aliphatic hydroxyl groups is 1. The number of aliphatic carboxylic acids is 1. The molecule has 2 aromatic rings. The van der Waals surface area contributed by atoms with Crippen molar-refractivity contribution in [1.82, 2.24) is 19.7 Å². The van der Waals surface area contributed by atoms with E-state index in [-0.39, 0.29) is 6.10 Å². The van der Waals surface area contributed by atoms with E-state index in [9.17, 15) is 15.0 Å². The molecule has 2 aliphatic rings. The molecule has 9 heteroatoms. The lowest BCUT2D eigenvalue weighted by Gasteiger charge is -2.39. The van der Waals surface area contributed by atoms with Gasteiger partial charge in [0.05, 0.1) is 12.3 Å². The Morgan fingerprint density at radius 1 is 1.26 bits per heavy atom. The number of carbonyl (C=O) groups is 1. The van der Waals surface area contributed by atoms with E-state index in [4.69, 9.17) is 0 Å². The molecule has 0 radical (unpaired) electrons. The van der Waals surface area contributed by atoms with Crippen LogP contribution in [0.15, 0.2) is 24.7 Å². The Kier molecular flexibility index (Phi) is 4.47. The minimum absolute atomic E-state index is 0.313. The van der Waals surface area contributed by atoms with E-state index in [1.807, 2.05) is 22.8 Å². The fraction of sp³-hybridized carbons (Fsp3) is 0.556. The Morgan fingerprint density at radius 3 is 2.63 bits per heavy atom. The number of piperidine rings is 1. The number of rotatable bonds is 4. The second kappa shape index (κ2) is 6.80. The van der Waals surface area contributed by atoms with Gasteiger partial charge >= 0.3 is 5.97 Å². The standard InChI is InChI=1S/C18H24N6O3/c1-13-10-20-24(11-13)18(16(26)27)4-8-22(9-5-18)17-19-6-2-15(21-17)23-7-3-14(25)12-23/h2,6,10-11,14,25H,3-5,7-9,12H2,1H3,(H,26,27). The van der Waals surface area contributed by atoms with E-state index in [0.29, 0.717) is 38.4 Å². The first-order chi connectivity index (χ1) is 13.0. The Balaban J connectivity index is 1.51. The van der Waals surface area contributed by atoms with Gasteiger partial charge in [0.1, 0.15) is 5.82 Å². The molecule has 144 valence electrons. The summed E-state index contributed by atoms with van der Waals surface area (Å²) in [7, 11) is 0. The highest BCUT2D eigenvalue weighted by molar-refractivity contribution is 5.77. The van der Waals surface area contributed by atoms with Gasteiger partial charge in [-0.2, -0.15) is 10.1 Å². The summed E-state index contributed by atoms with van der Waals surface area (Å²) >= 11 is 0. The lowest BCUT2D eigenvalue weighted by molar-refractivity contribution is -0.149. The highest BCUT2D eigenvalue weighted by Crippen LogP contribution is 2.32. The van der Waals surface area contributed by atoms with E-state index < -0.39 is 11.5 Å². The van der Waals surface area contributed by atoms with Crippen LogP contribution in [0.1, 0.15) is 24.8 Å². The number of carboxylic acids is 1. The quantitative estimate of drug-likeness (QED) is 0.805. The molecule has 27 heavy (non-hydrogen) atoms. The smallest absolute Gasteiger partial charge is 0.331 e. The topological polar surface area (TPSA) is 108 Å². The van der Waals surface area contributed by atoms with Gasteiger partial charge in [0.15, 0.2) is 5.54 Å². The highest BCUT2D eigenvalue weighted by atomic mass is 16.4. The molecular formula is C18H24N6O3. The second-order valence-corrected chi connectivity index (χ2v) is 7.39. The minimum atomic E-state index is -1.03. The van der Waals surface area contributed by atoms with E-state index in [0.717, 1.165) is 24.3 Å². The van der Waals surface area contributed by atoms with Gasteiger partial charge in [-0.15, -0.1) is 0 Å². The molecule has 2 aromatic heterocycles. The van der Waals surface area contributed by atoms with Crippen molar-refractivity contribution in [2.24, 2.45) is 0 Å². The highest BCUT2D eigenvalue weighted by Gasteiger charge is 2.44. The predicted molar refractivity (Wildman–Crippen MR) is 98.9 cm³/mol. The summed E-state index contributed by atoms with van der Waals surface area (Å²) in [6, 6.07) is 1.85. The largest absolute Gasteiger partial charge is 0.479 e. The van der Waals surface area contributed by atoms with E-state index in [1.165, 1.54) is 0 Å². The number of aryl methyl sites for hydroxylation is 1. The Bertz CT molecular complexity index is 830. The van der Waals surface area contributed by atoms with Crippen LogP contribution in [-0.4, -0.2) is 68.2 Å². The minimum Gasteiger partial charge on any atom is -0.479 e. The van der Waals surface area contributed by atoms with Crippen molar-refractivity contribution in [3.63, 3.8) is 0 Å². The number of anilines is 2. The predicted octanol–water partition coefficient (Wildman–Crippen LogP) is 0.633. The summed E-state index contributed by atoms with van der Waals surface area (Å²) in [6.07, 6.45) is 6.49. The van der Waals surface area contributed by atoms with Crippen molar-refractivity contribution < 1.29 is 15.0 Å². The zero-order valence-corrected chi connectivity index (χ0v) is 15.3. The Hall–Kier alpha value is -2.68. The zero-order valence-electron chi connectivity index (χ0n) is 15.3. The first-order valence-electron chi connectivity index (χ1n) is 9.24. The molecule has 1 unspecified atom stereocenters. The lowest BCUT2D eigenvalue weighted by Crippen LogP contribution is -2.51. The van der Waals surface area contributed by atoms with Crippen LogP contribution in [0.25, 0.3) is 0 Å². The number of hydrogen-bond donors (Lipinski definition) is 2. The molecule has 0 amide bonds. The summed E-state index contributed by atoms with van der Waals surface area (Å²) in [5.41, 5.74) is -0.0802. The molecule has 4 rings (SSSR count). The number of nitrogens with zero attached hydrogens (tertiary/aromatic N) is 6. The van der Waals surface area contributed by atoms with E-state index in [2.05, 4.69) is 15.1 Å². The van der Waals surface area contributed by atoms with Crippen LogP contribution in [-0.2, 0) is 10.3 Å². The molecule has 2 fully saturated rings. The van der Waals surface area contributed by atoms with Crippen LogP contribution in [0.4, 0.5) is 11.8 Å². The molecule has 4 heterocycles. The first-order valence-corrected chi connectivity index (χ1v) is 9.24. The first kappa shape index (κ1) is 17.7. The van der Waals surface area contributed by atoms with E-state index in [1.54, 1.807) is 23.3 Å². The molecule has 0 aliphatic carbocycles. The van der Waals surface area contributed by atoms with Crippen LogP contribution < -0.4 is 9.80 Å². The maximum Gasteiger partial charge on any atom is 0.331 e. The van der Waals surface area contributed by atoms with Gasteiger partial charge in [0.2, 0.25) is 5.95 Å². The van der Waals surface area contributed by atoms with Crippen LogP contribution in [0.5, 0.6) is 0 Å². The molecule has 2 N–H and O–H groups in total. The molecule has 2 aliphatic heterocycles. The normalized spacial score (nSPS) is 22.2. The number of β-amino-alcohol motifs (C(OH)–C–C–N with tert-alkyl or cyclic N) is 1. The van der Waals surface area contributed by atoms with Crippen molar-refractivity contribution in [3.8, 4) is 0 Å². The third-order valence-corrected chi connectivity index (χ3v) is 5.54. The third-order valence-electron chi connectivity index (χ3n) is 5.54. The SMILES string of the molecule is Cc1cnn(C2(C(=O)O)CCN(c3nccc(N4CCC(O)C4)n3)CC2)c1. The van der Waals surface area contributed by atoms with Gasteiger partial charge in [-0.25, -0.2) is 9.78 Å². The van der Waals surface area contributed by atoms with Crippen molar-refractivity contribution in [2.75, 3.05) is 36.0 Å². The number of carboxylic acid groups (broad SMARTS) is 1. The number of aromatic nitrogens is 4. The number of aliphatic hydroxyl groups excluding tert-OH is 1. The summed E-state index contributed by atoms with van der Waals surface area (Å²) in [5.74, 6) is 0.546. The van der Waals surface area contributed by atoms with Gasteiger partial charge in [0, 0.05) is 51.4 Å². The zero-order chi connectivity index (χ0) is 19.0. The molecule has 0 aromatic carbocycles. The summed E-state index contributed by atoms with van der Waals surface area (Å²) < 4.78 is 1.59. The maximum absolute atomic E-state index is 12.0. The van der Waals surface area contributed by atoms with Gasteiger partial charge in [-0.05, 0) is 25.0 Å². The monoisotopic (exact) mass is 372 g/mol. The van der Waals surface area contributed by atoms with Gasteiger partial charge in [-0.1, -0.05) is 0 Å². The Morgan fingerprint density at radius 2 is 2.04 bits per heavy atom. The van der Waals surface area contributed by atoms with Crippen molar-refractivity contribution >= 4 is 17.7 Å². The van der Waals surface area contributed by atoms with Crippen LogP contribution in [0, 0.1) is 6.92 Å². The van der Waals surface area contributed by atoms with Crippen LogP contribution >= 0.6 is 0 Å². The van der Waals surface area contributed by atoms with E-state index >= 15 is 0 Å². The van der Waals surface area contributed by atoms with Crippen LogP contribution in [0.2, 0.25) is 0 Å².